The van der Waals surface area contributed by atoms with E-state index in [1.54, 1.807) is 6.07 Å². The summed E-state index contributed by atoms with van der Waals surface area (Å²) in [6.45, 7) is 15.3. The van der Waals surface area contributed by atoms with Crippen LogP contribution in [0.3, 0.4) is 0 Å². The average molecular weight is 796 g/mol. The Balaban J connectivity index is 0.00000386. The average Bonchev–Trinajstić information content (AvgIpc) is 3.40. The van der Waals surface area contributed by atoms with Crippen molar-refractivity contribution in [1.82, 2.24) is 14.5 Å². The molecule has 5 heteroatoms. The molecule has 0 amide bonds. The standard InChI is InChI=1S/C42H38N3O.Pt/c1-25-22-27(3)39(28(4)23-25)45-40-26(2)17-19-31(38(40)44-41(45)33-14-8-9-16-36(33)46)30-18-20-35(42(5,6)7)34(24-30)32-15-10-12-29-13-11-21-43-37(29)32;/h8-23,46H,1-7H3;/q-1;. The Kier molecular flexibility index (Phi) is 8.44. The number of pyridine rings is 1. The third-order valence-electron chi connectivity index (χ3n) is 8.96. The summed E-state index contributed by atoms with van der Waals surface area (Å²) >= 11 is 0. The van der Waals surface area contributed by atoms with Crippen molar-refractivity contribution in [2.45, 2.75) is 53.9 Å². The van der Waals surface area contributed by atoms with Gasteiger partial charge in [0.05, 0.1) is 22.3 Å². The first-order chi connectivity index (χ1) is 22.0. The summed E-state index contributed by atoms with van der Waals surface area (Å²) in [7, 11) is 0. The van der Waals surface area contributed by atoms with Crippen LogP contribution in [0.2, 0.25) is 0 Å². The largest absolute Gasteiger partial charge is 0.507 e. The van der Waals surface area contributed by atoms with Gasteiger partial charge in [0.2, 0.25) is 0 Å². The quantitative estimate of drug-likeness (QED) is 0.181. The van der Waals surface area contributed by atoms with Crippen molar-refractivity contribution in [2.24, 2.45) is 0 Å². The third-order valence-corrected chi connectivity index (χ3v) is 8.96. The van der Waals surface area contributed by atoms with Gasteiger partial charge in [-0.1, -0.05) is 98.1 Å². The molecule has 0 fully saturated rings. The maximum absolute atomic E-state index is 11.1. The molecular weight excluding hydrogens is 758 g/mol. The number of imidazole rings is 1. The van der Waals surface area contributed by atoms with E-state index in [0.29, 0.717) is 11.4 Å². The number of aromatic nitrogens is 3. The van der Waals surface area contributed by atoms with Crippen LogP contribution in [-0.4, -0.2) is 19.6 Å². The van der Waals surface area contributed by atoms with E-state index >= 15 is 0 Å². The minimum atomic E-state index is -0.107. The molecular formula is C42H38N3OPt-. The molecule has 0 unspecified atom stereocenters. The van der Waals surface area contributed by atoms with Gasteiger partial charge in [-0.15, -0.1) is 34.9 Å². The molecule has 0 aliphatic carbocycles. The van der Waals surface area contributed by atoms with Gasteiger partial charge in [-0.25, -0.2) is 4.98 Å². The molecule has 7 aromatic rings. The molecule has 7 rings (SSSR count). The van der Waals surface area contributed by atoms with Crippen molar-refractivity contribution in [1.29, 1.82) is 0 Å². The molecule has 0 radical (unpaired) electrons. The molecule has 2 heterocycles. The van der Waals surface area contributed by atoms with Crippen LogP contribution in [0.25, 0.3) is 61.3 Å². The van der Waals surface area contributed by atoms with E-state index in [0.717, 1.165) is 66.6 Å². The molecule has 0 aliphatic heterocycles. The summed E-state index contributed by atoms with van der Waals surface area (Å²) in [6.07, 6.45) is 1.86. The van der Waals surface area contributed by atoms with Gasteiger partial charge in [0.1, 0.15) is 11.6 Å². The Morgan fingerprint density at radius 1 is 0.702 bits per heavy atom. The van der Waals surface area contributed by atoms with Crippen LogP contribution in [0.4, 0.5) is 0 Å². The molecule has 4 nitrogen and oxygen atoms in total. The number of benzene rings is 5. The van der Waals surface area contributed by atoms with E-state index in [-0.39, 0.29) is 32.2 Å². The van der Waals surface area contributed by atoms with Gasteiger partial charge in [-0.05, 0) is 73.4 Å². The number of rotatable bonds is 4. The Morgan fingerprint density at radius 3 is 2.13 bits per heavy atom. The summed E-state index contributed by atoms with van der Waals surface area (Å²) in [5.41, 5.74) is 14.5. The zero-order valence-corrected chi connectivity index (χ0v) is 30.1. The monoisotopic (exact) mass is 795 g/mol. The second-order valence-corrected chi connectivity index (χ2v) is 13.5. The van der Waals surface area contributed by atoms with Crippen LogP contribution in [0.15, 0.2) is 97.2 Å². The fourth-order valence-electron chi connectivity index (χ4n) is 6.94. The van der Waals surface area contributed by atoms with Crippen LogP contribution in [0.5, 0.6) is 5.75 Å². The SMILES string of the molecule is Cc1cc(C)c(-n2c(-c3ccccc3O)nc3c(-c4[c-]c(-c5cccc6cccnc56)c(C(C)(C)C)cc4)ccc(C)c32)c(C)c1.[Pt]. The predicted molar refractivity (Wildman–Crippen MR) is 191 cm³/mol. The Labute approximate surface area is 291 Å². The first-order valence-electron chi connectivity index (χ1n) is 15.8. The molecule has 0 spiro atoms. The molecule has 0 aliphatic rings. The van der Waals surface area contributed by atoms with Crippen molar-refractivity contribution < 1.29 is 26.2 Å². The molecule has 238 valence electrons. The predicted octanol–water partition coefficient (Wildman–Crippen LogP) is 10.6. The van der Waals surface area contributed by atoms with Crippen molar-refractivity contribution >= 4 is 21.9 Å². The van der Waals surface area contributed by atoms with Gasteiger partial charge in [-0.3, -0.25) is 9.55 Å². The summed E-state index contributed by atoms with van der Waals surface area (Å²) in [5, 5.41) is 12.2. The fraction of sp³-hybridized carbons (Fsp3) is 0.190. The Bertz CT molecular complexity index is 2280. The maximum Gasteiger partial charge on any atom is 0.148 e. The second kappa shape index (κ2) is 12.2. The molecule has 0 saturated carbocycles. The van der Waals surface area contributed by atoms with Crippen LogP contribution in [0.1, 0.15) is 48.6 Å². The molecule has 2 aromatic heterocycles. The van der Waals surface area contributed by atoms with E-state index in [1.165, 1.54) is 11.1 Å². The number of fused-ring (bicyclic) bond motifs is 2. The third kappa shape index (κ3) is 5.59. The molecule has 0 bridgehead atoms. The first kappa shape index (κ1) is 32.4. The Hall–Kier alpha value is -4.53. The van der Waals surface area contributed by atoms with Gasteiger partial charge in [0.25, 0.3) is 0 Å². The van der Waals surface area contributed by atoms with Gasteiger partial charge in [0.15, 0.2) is 0 Å². The summed E-state index contributed by atoms with van der Waals surface area (Å²) < 4.78 is 2.24. The number of aromatic hydroxyl groups is 1. The van der Waals surface area contributed by atoms with Crippen LogP contribution < -0.4 is 0 Å². The molecule has 0 atom stereocenters. The van der Waals surface area contributed by atoms with Gasteiger partial charge in [0, 0.05) is 32.8 Å². The van der Waals surface area contributed by atoms with Gasteiger partial charge < -0.3 is 5.11 Å². The van der Waals surface area contributed by atoms with E-state index in [2.05, 4.69) is 120 Å². The fourth-order valence-corrected chi connectivity index (χ4v) is 6.94. The van der Waals surface area contributed by atoms with E-state index in [4.69, 9.17) is 9.97 Å². The number of phenolic OH excluding ortho intramolecular Hbond substituents is 1. The van der Waals surface area contributed by atoms with E-state index < -0.39 is 0 Å². The number of hydrogen-bond donors (Lipinski definition) is 1. The summed E-state index contributed by atoms with van der Waals surface area (Å²) in [5.74, 6) is 0.913. The van der Waals surface area contributed by atoms with Crippen molar-refractivity contribution in [3.8, 4) is 45.1 Å². The number of hydrogen-bond acceptors (Lipinski definition) is 3. The van der Waals surface area contributed by atoms with Crippen LogP contribution in [0, 0.1) is 33.8 Å². The smallest absolute Gasteiger partial charge is 0.148 e. The summed E-state index contributed by atoms with van der Waals surface area (Å²) in [6, 6.07) is 35.0. The number of nitrogens with zero attached hydrogens (tertiary/aromatic N) is 3. The normalized spacial score (nSPS) is 11.6. The number of para-hydroxylation sites is 2. The van der Waals surface area contributed by atoms with E-state index in [1.807, 2.05) is 30.5 Å². The van der Waals surface area contributed by atoms with Gasteiger partial charge >= 0.3 is 0 Å². The zero-order valence-electron chi connectivity index (χ0n) is 27.8. The minimum Gasteiger partial charge on any atom is -0.507 e. The molecule has 47 heavy (non-hydrogen) atoms. The Morgan fingerprint density at radius 2 is 1.40 bits per heavy atom. The van der Waals surface area contributed by atoms with E-state index in [9.17, 15) is 5.11 Å². The van der Waals surface area contributed by atoms with Crippen molar-refractivity contribution in [3.05, 3.63) is 131 Å². The number of aryl methyl sites for hydroxylation is 4. The molecule has 5 aromatic carbocycles. The van der Waals surface area contributed by atoms with Crippen LogP contribution >= 0.6 is 0 Å². The van der Waals surface area contributed by atoms with Crippen LogP contribution in [-0.2, 0) is 26.5 Å². The molecule has 0 saturated heterocycles. The maximum atomic E-state index is 11.1. The minimum absolute atomic E-state index is 0. The second-order valence-electron chi connectivity index (χ2n) is 13.5. The first-order valence-corrected chi connectivity index (χ1v) is 15.8. The summed E-state index contributed by atoms with van der Waals surface area (Å²) in [4.78, 5) is 10.2. The molecule has 1 N–H and O–H groups in total. The zero-order chi connectivity index (χ0) is 32.3. The van der Waals surface area contributed by atoms with Crippen molar-refractivity contribution in [2.75, 3.05) is 0 Å². The topological polar surface area (TPSA) is 50.9 Å². The number of phenols is 1. The van der Waals surface area contributed by atoms with Gasteiger partial charge in [-0.2, -0.15) is 0 Å². The van der Waals surface area contributed by atoms with Crippen molar-refractivity contribution in [3.63, 3.8) is 0 Å².